The summed E-state index contributed by atoms with van der Waals surface area (Å²) < 4.78 is 7.63. The number of hydrogen-bond donors (Lipinski definition) is 1. The Balaban J connectivity index is 2.03. The normalized spacial score (nSPS) is 10.8. The second-order valence-electron chi connectivity index (χ2n) is 4.57. The number of halogens is 1. The summed E-state index contributed by atoms with van der Waals surface area (Å²) in [5, 5.41) is 8.20. The predicted octanol–water partition coefficient (Wildman–Crippen LogP) is 3.85. The van der Waals surface area contributed by atoms with E-state index >= 15 is 0 Å². The molecule has 0 aliphatic carbocycles. The van der Waals surface area contributed by atoms with Crippen molar-refractivity contribution in [3.63, 3.8) is 0 Å². The van der Waals surface area contributed by atoms with Gasteiger partial charge in [-0.2, -0.15) is 5.10 Å². The lowest BCUT2D eigenvalue weighted by Crippen LogP contribution is -2.11. The fraction of sp³-hybridized carbons (Fsp3) is 0.400. The molecule has 1 aromatic heterocycles. The summed E-state index contributed by atoms with van der Waals surface area (Å²) in [7, 11) is 0. The minimum atomic E-state index is 0.712. The Kier molecular flexibility index (Phi) is 5.44. The van der Waals surface area contributed by atoms with Crippen molar-refractivity contribution in [3.8, 4) is 11.5 Å². The van der Waals surface area contributed by atoms with Gasteiger partial charge in [0, 0.05) is 18.1 Å². The smallest absolute Gasteiger partial charge is 0.165 e. The molecule has 0 fully saturated rings. The quantitative estimate of drug-likeness (QED) is 0.843. The minimum absolute atomic E-state index is 0.712. The molecular formula is C15H20ClN3O. The first-order valence-electron chi connectivity index (χ1n) is 6.92. The molecule has 0 saturated carbocycles. The maximum Gasteiger partial charge on any atom is 0.165 e. The van der Waals surface area contributed by atoms with Crippen LogP contribution >= 0.6 is 11.6 Å². The van der Waals surface area contributed by atoms with Crippen molar-refractivity contribution in [3.05, 3.63) is 41.2 Å². The maximum atomic E-state index is 6.25. The molecule has 0 amide bonds. The van der Waals surface area contributed by atoms with Gasteiger partial charge in [-0.1, -0.05) is 31.5 Å². The van der Waals surface area contributed by atoms with Crippen LogP contribution in [-0.2, 0) is 13.1 Å². The Bertz CT molecular complexity index is 554. The third kappa shape index (κ3) is 3.99. The van der Waals surface area contributed by atoms with E-state index in [1.54, 1.807) is 6.20 Å². The predicted molar refractivity (Wildman–Crippen MR) is 81.4 cm³/mol. The van der Waals surface area contributed by atoms with Gasteiger partial charge < -0.3 is 10.1 Å². The molecule has 0 unspecified atom stereocenters. The summed E-state index contributed by atoms with van der Waals surface area (Å²) in [6.45, 7) is 6.77. The zero-order valence-corrected chi connectivity index (χ0v) is 12.7. The molecule has 1 aromatic carbocycles. The summed E-state index contributed by atoms with van der Waals surface area (Å²) in [6, 6.07) is 5.75. The van der Waals surface area contributed by atoms with Crippen LogP contribution in [0.4, 0.5) is 0 Å². The monoisotopic (exact) mass is 293 g/mol. The van der Waals surface area contributed by atoms with Crippen LogP contribution in [0.3, 0.4) is 0 Å². The molecule has 0 atom stereocenters. The highest BCUT2D eigenvalue weighted by Gasteiger charge is 2.05. The van der Waals surface area contributed by atoms with Crippen molar-refractivity contribution in [1.82, 2.24) is 15.1 Å². The Hall–Kier alpha value is -1.52. The van der Waals surface area contributed by atoms with E-state index in [4.69, 9.17) is 16.3 Å². The summed E-state index contributed by atoms with van der Waals surface area (Å²) in [5.41, 5.74) is 1.07. The van der Waals surface area contributed by atoms with E-state index < -0.39 is 0 Å². The lowest BCUT2D eigenvalue weighted by molar-refractivity contribution is 0.480. The molecule has 0 aliphatic heterocycles. The molecule has 1 heterocycles. The maximum absolute atomic E-state index is 6.25. The van der Waals surface area contributed by atoms with E-state index in [9.17, 15) is 0 Å². The topological polar surface area (TPSA) is 39.1 Å². The number of aromatic nitrogens is 2. The standard InChI is InChI=1S/C15H20ClN3O/c1-3-7-19-11-14(10-18-19)20-13-6-5-12(9-17-4-2)15(16)8-13/h5-6,8,10-11,17H,3-4,7,9H2,1-2H3. The van der Waals surface area contributed by atoms with Crippen molar-refractivity contribution in [2.45, 2.75) is 33.4 Å². The van der Waals surface area contributed by atoms with E-state index in [1.807, 2.05) is 29.1 Å². The van der Waals surface area contributed by atoms with Crippen LogP contribution in [-0.4, -0.2) is 16.3 Å². The van der Waals surface area contributed by atoms with Gasteiger partial charge in [-0.25, -0.2) is 0 Å². The Morgan fingerprint density at radius 3 is 2.85 bits per heavy atom. The van der Waals surface area contributed by atoms with E-state index in [0.717, 1.165) is 43.1 Å². The van der Waals surface area contributed by atoms with E-state index in [1.165, 1.54) is 0 Å². The lowest BCUT2D eigenvalue weighted by atomic mass is 10.2. The number of rotatable bonds is 7. The van der Waals surface area contributed by atoms with Gasteiger partial charge in [-0.05, 0) is 30.7 Å². The summed E-state index contributed by atoms with van der Waals surface area (Å²) in [6.07, 6.45) is 4.66. The highest BCUT2D eigenvalue weighted by molar-refractivity contribution is 6.31. The third-order valence-corrected chi connectivity index (χ3v) is 3.24. The van der Waals surface area contributed by atoms with Gasteiger partial charge in [0.1, 0.15) is 5.75 Å². The highest BCUT2D eigenvalue weighted by atomic mass is 35.5. The molecule has 0 bridgehead atoms. The van der Waals surface area contributed by atoms with Gasteiger partial charge in [0.2, 0.25) is 0 Å². The molecule has 2 rings (SSSR count). The molecule has 1 N–H and O–H groups in total. The lowest BCUT2D eigenvalue weighted by Gasteiger charge is -2.08. The summed E-state index contributed by atoms with van der Waals surface area (Å²) in [5.74, 6) is 1.46. The molecule has 20 heavy (non-hydrogen) atoms. The number of nitrogens with zero attached hydrogens (tertiary/aromatic N) is 2. The number of benzene rings is 1. The van der Waals surface area contributed by atoms with Crippen molar-refractivity contribution < 1.29 is 4.74 Å². The first-order valence-corrected chi connectivity index (χ1v) is 7.30. The molecule has 0 spiro atoms. The number of aryl methyl sites for hydroxylation is 1. The number of ether oxygens (including phenoxy) is 1. The number of nitrogens with one attached hydrogen (secondary N) is 1. The number of hydrogen-bond acceptors (Lipinski definition) is 3. The van der Waals surface area contributed by atoms with Crippen molar-refractivity contribution in [1.29, 1.82) is 0 Å². The molecule has 4 nitrogen and oxygen atoms in total. The fourth-order valence-corrected chi connectivity index (χ4v) is 2.12. The first-order chi connectivity index (χ1) is 9.72. The third-order valence-electron chi connectivity index (χ3n) is 2.89. The fourth-order valence-electron chi connectivity index (χ4n) is 1.88. The van der Waals surface area contributed by atoms with Crippen LogP contribution < -0.4 is 10.1 Å². The Morgan fingerprint density at radius 1 is 1.30 bits per heavy atom. The van der Waals surface area contributed by atoms with Gasteiger partial charge in [0.25, 0.3) is 0 Å². The van der Waals surface area contributed by atoms with Crippen LogP contribution in [0.25, 0.3) is 0 Å². The van der Waals surface area contributed by atoms with Crippen LogP contribution in [0.5, 0.6) is 11.5 Å². The molecule has 5 heteroatoms. The second kappa shape index (κ2) is 7.31. The Morgan fingerprint density at radius 2 is 2.15 bits per heavy atom. The summed E-state index contributed by atoms with van der Waals surface area (Å²) in [4.78, 5) is 0. The van der Waals surface area contributed by atoms with Crippen molar-refractivity contribution in [2.75, 3.05) is 6.54 Å². The molecule has 0 aliphatic rings. The van der Waals surface area contributed by atoms with Crippen LogP contribution in [0.15, 0.2) is 30.6 Å². The SMILES string of the molecule is CCCn1cc(Oc2ccc(CNCC)c(Cl)c2)cn1. The van der Waals surface area contributed by atoms with E-state index in [0.29, 0.717) is 5.02 Å². The van der Waals surface area contributed by atoms with Gasteiger partial charge >= 0.3 is 0 Å². The van der Waals surface area contributed by atoms with Gasteiger partial charge in [0.05, 0.1) is 12.4 Å². The summed E-state index contributed by atoms with van der Waals surface area (Å²) >= 11 is 6.25. The average molecular weight is 294 g/mol. The Labute approximate surface area is 124 Å². The van der Waals surface area contributed by atoms with Gasteiger partial charge in [-0.3, -0.25) is 4.68 Å². The van der Waals surface area contributed by atoms with Gasteiger partial charge in [0.15, 0.2) is 5.75 Å². The van der Waals surface area contributed by atoms with Crippen LogP contribution in [0, 0.1) is 0 Å². The van der Waals surface area contributed by atoms with Gasteiger partial charge in [-0.15, -0.1) is 0 Å². The average Bonchev–Trinajstić information content (AvgIpc) is 2.86. The van der Waals surface area contributed by atoms with Crippen LogP contribution in [0.2, 0.25) is 5.02 Å². The molecule has 0 saturated heterocycles. The van der Waals surface area contributed by atoms with Crippen molar-refractivity contribution >= 4 is 11.6 Å². The first kappa shape index (κ1) is 14.9. The van der Waals surface area contributed by atoms with E-state index in [-0.39, 0.29) is 0 Å². The molecular weight excluding hydrogens is 274 g/mol. The second-order valence-corrected chi connectivity index (χ2v) is 4.98. The van der Waals surface area contributed by atoms with Crippen LogP contribution in [0.1, 0.15) is 25.8 Å². The minimum Gasteiger partial charge on any atom is -0.454 e. The molecule has 0 radical (unpaired) electrons. The molecule has 2 aromatic rings. The molecule has 108 valence electrons. The zero-order valence-electron chi connectivity index (χ0n) is 11.9. The van der Waals surface area contributed by atoms with Crippen molar-refractivity contribution in [2.24, 2.45) is 0 Å². The largest absolute Gasteiger partial charge is 0.454 e. The zero-order chi connectivity index (χ0) is 14.4. The van der Waals surface area contributed by atoms with E-state index in [2.05, 4.69) is 24.3 Å². The highest BCUT2D eigenvalue weighted by Crippen LogP contribution is 2.26.